The highest BCUT2D eigenvalue weighted by Gasteiger charge is 2.32. The Bertz CT molecular complexity index is 654. The van der Waals surface area contributed by atoms with Crippen LogP contribution in [0.5, 0.6) is 0 Å². The second-order valence-electron chi connectivity index (χ2n) is 6.96. The summed E-state index contributed by atoms with van der Waals surface area (Å²) in [4.78, 5) is 19.6. The quantitative estimate of drug-likeness (QED) is 0.872. The van der Waals surface area contributed by atoms with Gasteiger partial charge in [-0.1, -0.05) is 44.2 Å². The van der Waals surface area contributed by atoms with E-state index < -0.39 is 0 Å². The minimum atomic E-state index is -0.324. The van der Waals surface area contributed by atoms with Gasteiger partial charge in [-0.25, -0.2) is 4.98 Å². The molecule has 122 valence electrons. The third-order valence-electron chi connectivity index (χ3n) is 4.56. The maximum absolute atomic E-state index is 13.3. The highest BCUT2D eigenvalue weighted by molar-refractivity contribution is 5.83. The summed E-state index contributed by atoms with van der Waals surface area (Å²) in [6.45, 7) is 8.11. The van der Waals surface area contributed by atoms with Gasteiger partial charge in [0.2, 0.25) is 5.91 Å². The van der Waals surface area contributed by atoms with E-state index in [1.807, 2.05) is 52.9 Å². The lowest BCUT2D eigenvalue weighted by molar-refractivity contribution is -0.136. The Morgan fingerprint density at radius 1 is 1.17 bits per heavy atom. The van der Waals surface area contributed by atoms with E-state index in [2.05, 4.69) is 18.8 Å². The number of imidazole rings is 1. The topological polar surface area (TPSA) is 38.1 Å². The average molecular weight is 311 g/mol. The summed E-state index contributed by atoms with van der Waals surface area (Å²) in [7, 11) is 0. The van der Waals surface area contributed by atoms with Crippen molar-refractivity contribution >= 4 is 5.91 Å². The second-order valence-corrected chi connectivity index (χ2v) is 6.96. The van der Waals surface area contributed by atoms with Gasteiger partial charge < -0.3 is 9.47 Å². The number of nitrogens with zero attached hydrogens (tertiary/aromatic N) is 3. The Kier molecular flexibility index (Phi) is 4.51. The summed E-state index contributed by atoms with van der Waals surface area (Å²) in [6.07, 6.45) is 4.91. The van der Waals surface area contributed by atoms with E-state index in [0.717, 1.165) is 24.3 Å². The Balaban J connectivity index is 1.93. The smallest absolute Gasteiger partial charge is 0.250 e. The molecule has 3 atom stereocenters. The van der Waals surface area contributed by atoms with Crippen LogP contribution in [0.15, 0.2) is 42.9 Å². The third-order valence-corrected chi connectivity index (χ3v) is 4.56. The summed E-state index contributed by atoms with van der Waals surface area (Å²) in [5.74, 6) is 1.29. The van der Waals surface area contributed by atoms with Gasteiger partial charge in [0.1, 0.15) is 6.04 Å². The Morgan fingerprint density at radius 3 is 2.39 bits per heavy atom. The first-order valence-corrected chi connectivity index (χ1v) is 8.38. The van der Waals surface area contributed by atoms with Gasteiger partial charge >= 0.3 is 0 Å². The van der Waals surface area contributed by atoms with Gasteiger partial charge in [0.05, 0.1) is 12.0 Å². The number of rotatable bonds is 3. The van der Waals surface area contributed by atoms with E-state index >= 15 is 0 Å². The van der Waals surface area contributed by atoms with Crippen LogP contribution in [0.25, 0.3) is 0 Å². The molecule has 3 rings (SSSR count). The molecule has 1 amide bonds. The Hall–Kier alpha value is -2.10. The molecule has 1 aromatic carbocycles. The molecule has 4 nitrogen and oxygen atoms in total. The SMILES string of the molecule is Cc1cn(C(C(=O)N2CC(C)CC(C)C2)c2ccccc2)cn1. The Labute approximate surface area is 138 Å². The van der Waals surface area contributed by atoms with Crippen molar-refractivity contribution in [2.75, 3.05) is 13.1 Å². The first kappa shape index (κ1) is 15.8. The number of piperidine rings is 1. The molecule has 3 unspecified atom stereocenters. The zero-order valence-electron chi connectivity index (χ0n) is 14.1. The summed E-state index contributed by atoms with van der Waals surface area (Å²) >= 11 is 0. The lowest BCUT2D eigenvalue weighted by atomic mass is 9.91. The molecule has 0 spiro atoms. The third kappa shape index (κ3) is 3.46. The summed E-state index contributed by atoms with van der Waals surface area (Å²) < 4.78 is 1.94. The second kappa shape index (κ2) is 6.57. The fourth-order valence-electron chi connectivity index (χ4n) is 3.67. The van der Waals surface area contributed by atoms with Crippen LogP contribution in [0.1, 0.15) is 37.6 Å². The maximum Gasteiger partial charge on any atom is 0.250 e. The largest absolute Gasteiger partial charge is 0.340 e. The van der Waals surface area contributed by atoms with Crippen LogP contribution >= 0.6 is 0 Å². The zero-order valence-corrected chi connectivity index (χ0v) is 14.1. The van der Waals surface area contributed by atoms with E-state index in [1.54, 1.807) is 6.33 Å². The van der Waals surface area contributed by atoms with Crippen molar-refractivity contribution in [2.24, 2.45) is 11.8 Å². The monoisotopic (exact) mass is 311 g/mol. The van der Waals surface area contributed by atoms with Crippen molar-refractivity contribution in [3.05, 3.63) is 54.1 Å². The van der Waals surface area contributed by atoms with Crippen LogP contribution < -0.4 is 0 Å². The molecular formula is C19H25N3O. The fraction of sp³-hybridized carbons (Fsp3) is 0.474. The van der Waals surface area contributed by atoms with Gasteiger partial charge in [-0.2, -0.15) is 0 Å². The van der Waals surface area contributed by atoms with Crippen molar-refractivity contribution in [3.63, 3.8) is 0 Å². The molecule has 0 bridgehead atoms. The molecule has 1 fully saturated rings. The van der Waals surface area contributed by atoms with Crippen LogP contribution in [0, 0.1) is 18.8 Å². The normalized spacial score (nSPS) is 22.8. The molecule has 0 saturated carbocycles. The average Bonchev–Trinajstić information content (AvgIpc) is 2.93. The van der Waals surface area contributed by atoms with Crippen molar-refractivity contribution in [1.82, 2.24) is 14.5 Å². The van der Waals surface area contributed by atoms with Crippen LogP contribution in [0.2, 0.25) is 0 Å². The summed E-state index contributed by atoms with van der Waals surface area (Å²) in [6, 6.07) is 9.68. The first-order valence-electron chi connectivity index (χ1n) is 8.38. The molecule has 0 radical (unpaired) electrons. The van der Waals surface area contributed by atoms with E-state index in [9.17, 15) is 4.79 Å². The first-order chi connectivity index (χ1) is 11.0. The molecule has 2 heterocycles. The predicted octanol–water partition coefficient (Wildman–Crippen LogP) is 3.29. The van der Waals surface area contributed by atoms with Gasteiger partial charge in [-0.05, 0) is 30.7 Å². The van der Waals surface area contributed by atoms with Crippen LogP contribution in [0.4, 0.5) is 0 Å². The predicted molar refractivity (Wildman–Crippen MR) is 91.1 cm³/mol. The van der Waals surface area contributed by atoms with Crippen molar-refractivity contribution < 1.29 is 4.79 Å². The molecule has 1 aromatic heterocycles. The molecule has 0 N–H and O–H groups in total. The van der Waals surface area contributed by atoms with Gasteiger partial charge in [-0.3, -0.25) is 4.79 Å². The lowest BCUT2D eigenvalue weighted by Gasteiger charge is -2.37. The van der Waals surface area contributed by atoms with Gasteiger partial charge in [-0.15, -0.1) is 0 Å². The fourth-order valence-corrected chi connectivity index (χ4v) is 3.67. The van der Waals surface area contributed by atoms with Crippen LogP contribution in [0.3, 0.4) is 0 Å². The minimum Gasteiger partial charge on any atom is -0.340 e. The van der Waals surface area contributed by atoms with Crippen molar-refractivity contribution in [1.29, 1.82) is 0 Å². The van der Waals surface area contributed by atoms with Gasteiger partial charge in [0.25, 0.3) is 0 Å². The number of hydrogen-bond donors (Lipinski definition) is 0. The van der Waals surface area contributed by atoms with Gasteiger partial charge in [0, 0.05) is 19.3 Å². The molecule has 23 heavy (non-hydrogen) atoms. The molecule has 1 saturated heterocycles. The van der Waals surface area contributed by atoms with Crippen LogP contribution in [-0.2, 0) is 4.79 Å². The highest BCUT2D eigenvalue weighted by atomic mass is 16.2. The summed E-state index contributed by atoms with van der Waals surface area (Å²) in [5, 5.41) is 0. The zero-order chi connectivity index (χ0) is 16.4. The molecule has 2 aromatic rings. The van der Waals surface area contributed by atoms with E-state index in [0.29, 0.717) is 11.8 Å². The van der Waals surface area contributed by atoms with Gasteiger partial charge in [0.15, 0.2) is 0 Å². The van der Waals surface area contributed by atoms with E-state index in [-0.39, 0.29) is 11.9 Å². The number of hydrogen-bond acceptors (Lipinski definition) is 2. The molecular weight excluding hydrogens is 286 g/mol. The molecule has 1 aliphatic heterocycles. The standard InChI is InChI=1S/C19H25N3O/c1-14-9-15(2)11-21(10-14)19(23)18(17-7-5-4-6-8-17)22-12-16(3)20-13-22/h4-8,12-15,18H,9-11H2,1-3H3. The van der Waals surface area contributed by atoms with E-state index in [4.69, 9.17) is 0 Å². The number of carbonyl (C=O) groups is 1. The molecule has 0 aliphatic carbocycles. The van der Waals surface area contributed by atoms with E-state index in [1.165, 1.54) is 6.42 Å². The van der Waals surface area contributed by atoms with Crippen molar-refractivity contribution in [2.45, 2.75) is 33.2 Å². The number of amides is 1. The summed E-state index contributed by atoms with van der Waals surface area (Å²) in [5.41, 5.74) is 1.94. The molecule has 1 aliphatic rings. The number of aromatic nitrogens is 2. The minimum absolute atomic E-state index is 0.173. The highest BCUT2D eigenvalue weighted by Crippen LogP contribution is 2.27. The lowest BCUT2D eigenvalue weighted by Crippen LogP contribution is -2.45. The maximum atomic E-state index is 13.3. The molecule has 4 heteroatoms. The number of likely N-dealkylation sites (tertiary alicyclic amines) is 1. The van der Waals surface area contributed by atoms with Crippen molar-refractivity contribution in [3.8, 4) is 0 Å². The Morgan fingerprint density at radius 2 is 1.83 bits per heavy atom. The number of carbonyl (C=O) groups excluding carboxylic acids is 1. The van der Waals surface area contributed by atoms with Crippen LogP contribution in [-0.4, -0.2) is 33.4 Å². The number of aryl methyl sites for hydroxylation is 1. The number of benzene rings is 1.